The van der Waals surface area contributed by atoms with Crippen LogP contribution >= 0.6 is 0 Å². The Balaban J connectivity index is 1.66. The summed E-state index contributed by atoms with van der Waals surface area (Å²) in [5.41, 5.74) is 1.89. The van der Waals surface area contributed by atoms with Gasteiger partial charge in [-0.15, -0.1) is 0 Å². The summed E-state index contributed by atoms with van der Waals surface area (Å²) < 4.78 is 1.89. The lowest BCUT2D eigenvalue weighted by molar-refractivity contribution is 0.0663. The highest BCUT2D eigenvalue weighted by Gasteiger charge is 2.25. The standard InChI is InChI=1S/C17H21N3O/c1-19-10-5-8-16(19)17(21)20-11-4-6-14(13-20)12-15-7-2-3-9-18-15/h2-3,5,7-10,14H,4,6,11-13H2,1H3/t14-/m0/s1. The van der Waals surface area contributed by atoms with Crippen LogP contribution < -0.4 is 0 Å². The largest absolute Gasteiger partial charge is 0.347 e. The number of rotatable bonds is 3. The molecule has 0 unspecified atom stereocenters. The maximum Gasteiger partial charge on any atom is 0.270 e. The second-order valence-electron chi connectivity index (χ2n) is 5.79. The molecule has 1 aliphatic heterocycles. The van der Waals surface area contributed by atoms with Crippen molar-refractivity contribution in [3.8, 4) is 0 Å². The number of likely N-dealkylation sites (tertiary alicyclic amines) is 1. The molecule has 0 bridgehead atoms. The second-order valence-corrected chi connectivity index (χ2v) is 5.79. The smallest absolute Gasteiger partial charge is 0.270 e. The number of carbonyl (C=O) groups excluding carboxylic acids is 1. The third-order valence-electron chi connectivity index (χ3n) is 4.19. The molecule has 1 atom stereocenters. The van der Waals surface area contributed by atoms with Crippen LogP contribution in [0.2, 0.25) is 0 Å². The monoisotopic (exact) mass is 283 g/mol. The Morgan fingerprint density at radius 2 is 2.24 bits per heavy atom. The summed E-state index contributed by atoms with van der Waals surface area (Å²) in [5, 5.41) is 0. The fourth-order valence-corrected chi connectivity index (χ4v) is 3.08. The van der Waals surface area contributed by atoms with Crippen LogP contribution in [0.4, 0.5) is 0 Å². The van der Waals surface area contributed by atoms with Crippen LogP contribution in [-0.4, -0.2) is 33.4 Å². The summed E-state index contributed by atoms with van der Waals surface area (Å²) in [6, 6.07) is 9.85. The fourth-order valence-electron chi connectivity index (χ4n) is 3.08. The SMILES string of the molecule is Cn1cccc1C(=O)N1CCC[C@@H](Cc2ccccn2)C1. The van der Waals surface area contributed by atoms with Gasteiger partial charge in [0.25, 0.3) is 5.91 Å². The normalized spacial score (nSPS) is 18.7. The number of nitrogens with zero attached hydrogens (tertiary/aromatic N) is 3. The molecule has 1 saturated heterocycles. The first-order chi connectivity index (χ1) is 10.2. The first kappa shape index (κ1) is 13.9. The predicted molar refractivity (Wildman–Crippen MR) is 82.0 cm³/mol. The Morgan fingerprint density at radius 3 is 2.95 bits per heavy atom. The summed E-state index contributed by atoms with van der Waals surface area (Å²) in [4.78, 5) is 19.0. The maximum absolute atomic E-state index is 12.6. The van der Waals surface area contributed by atoms with Crippen molar-refractivity contribution in [1.29, 1.82) is 0 Å². The average Bonchev–Trinajstić information content (AvgIpc) is 2.94. The fraction of sp³-hybridized carbons (Fsp3) is 0.412. The molecule has 4 nitrogen and oxygen atoms in total. The highest BCUT2D eigenvalue weighted by molar-refractivity contribution is 5.92. The van der Waals surface area contributed by atoms with Gasteiger partial charge >= 0.3 is 0 Å². The van der Waals surface area contributed by atoms with Crippen molar-refractivity contribution in [2.45, 2.75) is 19.3 Å². The highest BCUT2D eigenvalue weighted by Crippen LogP contribution is 2.21. The number of hydrogen-bond acceptors (Lipinski definition) is 2. The molecule has 0 aliphatic carbocycles. The van der Waals surface area contributed by atoms with Gasteiger partial charge in [-0.2, -0.15) is 0 Å². The quantitative estimate of drug-likeness (QED) is 0.868. The molecule has 4 heteroatoms. The molecule has 3 rings (SSSR count). The van der Waals surface area contributed by atoms with Crippen molar-refractivity contribution in [3.63, 3.8) is 0 Å². The van der Waals surface area contributed by atoms with Crippen molar-refractivity contribution in [2.24, 2.45) is 13.0 Å². The van der Waals surface area contributed by atoms with Gasteiger partial charge in [-0.1, -0.05) is 6.07 Å². The van der Waals surface area contributed by atoms with Crippen LogP contribution in [0.5, 0.6) is 0 Å². The van der Waals surface area contributed by atoms with Gasteiger partial charge in [0.1, 0.15) is 5.69 Å². The third kappa shape index (κ3) is 3.15. The van der Waals surface area contributed by atoms with Gasteiger partial charge < -0.3 is 9.47 Å². The molecule has 0 N–H and O–H groups in total. The van der Waals surface area contributed by atoms with E-state index in [1.54, 1.807) is 0 Å². The lowest BCUT2D eigenvalue weighted by Crippen LogP contribution is -2.41. The number of hydrogen-bond donors (Lipinski definition) is 0. The summed E-state index contributed by atoms with van der Waals surface area (Å²) in [5.74, 6) is 0.658. The predicted octanol–water partition coefficient (Wildman–Crippen LogP) is 2.52. The third-order valence-corrected chi connectivity index (χ3v) is 4.19. The molecule has 21 heavy (non-hydrogen) atoms. The van der Waals surface area contributed by atoms with E-state index in [4.69, 9.17) is 0 Å². The second kappa shape index (κ2) is 6.12. The summed E-state index contributed by atoms with van der Waals surface area (Å²) in [7, 11) is 1.92. The zero-order valence-corrected chi connectivity index (χ0v) is 12.4. The van der Waals surface area contributed by atoms with Gasteiger partial charge in [-0.25, -0.2) is 0 Å². The van der Waals surface area contributed by atoms with Crippen molar-refractivity contribution >= 4 is 5.91 Å². The number of piperidine rings is 1. The Morgan fingerprint density at radius 1 is 1.33 bits per heavy atom. The van der Waals surface area contributed by atoms with Gasteiger partial charge in [-0.05, 0) is 49.4 Å². The molecule has 2 aromatic heterocycles. The molecule has 1 aliphatic rings. The van der Waals surface area contributed by atoms with E-state index in [-0.39, 0.29) is 5.91 Å². The number of pyridine rings is 1. The number of aryl methyl sites for hydroxylation is 1. The zero-order valence-electron chi connectivity index (χ0n) is 12.4. The molecule has 0 aromatic carbocycles. The van der Waals surface area contributed by atoms with E-state index in [2.05, 4.69) is 11.1 Å². The number of aromatic nitrogens is 2. The maximum atomic E-state index is 12.6. The Kier molecular flexibility index (Phi) is 4.04. The van der Waals surface area contributed by atoms with E-state index in [1.807, 2.05) is 53.2 Å². The molecular formula is C17H21N3O. The van der Waals surface area contributed by atoms with E-state index >= 15 is 0 Å². The van der Waals surface area contributed by atoms with Crippen molar-refractivity contribution in [1.82, 2.24) is 14.5 Å². The summed E-state index contributed by atoms with van der Waals surface area (Å²) in [6.07, 6.45) is 6.96. The molecule has 3 heterocycles. The first-order valence-electron chi connectivity index (χ1n) is 7.54. The van der Waals surface area contributed by atoms with Gasteiger partial charge in [-0.3, -0.25) is 9.78 Å². The zero-order chi connectivity index (χ0) is 14.7. The van der Waals surface area contributed by atoms with Crippen LogP contribution in [0.15, 0.2) is 42.7 Å². The van der Waals surface area contributed by atoms with E-state index in [0.29, 0.717) is 5.92 Å². The Hall–Kier alpha value is -2.10. The lowest BCUT2D eigenvalue weighted by Gasteiger charge is -2.32. The number of amides is 1. The van der Waals surface area contributed by atoms with Crippen molar-refractivity contribution in [3.05, 3.63) is 54.1 Å². The minimum Gasteiger partial charge on any atom is -0.347 e. The van der Waals surface area contributed by atoms with Gasteiger partial charge in [0.05, 0.1) is 0 Å². The van der Waals surface area contributed by atoms with Crippen LogP contribution in [0.25, 0.3) is 0 Å². The van der Waals surface area contributed by atoms with Crippen LogP contribution in [0.3, 0.4) is 0 Å². The van der Waals surface area contributed by atoms with E-state index in [1.165, 1.54) is 6.42 Å². The molecule has 110 valence electrons. The number of carbonyl (C=O) groups is 1. The molecule has 0 saturated carbocycles. The molecular weight excluding hydrogens is 262 g/mol. The average molecular weight is 283 g/mol. The van der Waals surface area contributed by atoms with Crippen molar-refractivity contribution in [2.75, 3.05) is 13.1 Å². The van der Waals surface area contributed by atoms with Crippen LogP contribution in [-0.2, 0) is 13.5 Å². The minimum atomic E-state index is 0.147. The highest BCUT2D eigenvalue weighted by atomic mass is 16.2. The Bertz CT molecular complexity index is 606. The molecule has 0 spiro atoms. The van der Waals surface area contributed by atoms with Gasteiger partial charge in [0.2, 0.25) is 0 Å². The van der Waals surface area contributed by atoms with Crippen LogP contribution in [0, 0.1) is 5.92 Å². The molecule has 1 fully saturated rings. The Labute approximate surface area is 125 Å². The molecule has 2 aromatic rings. The van der Waals surface area contributed by atoms with Crippen LogP contribution in [0.1, 0.15) is 29.0 Å². The van der Waals surface area contributed by atoms with Crippen molar-refractivity contribution < 1.29 is 4.79 Å². The molecule has 0 radical (unpaired) electrons. The first-order valence-corrected chi connectivity index (χ1v) is 7.54. The topological polar surface area (TPSA) is 38.1 Å². The van der Waals surface area contributed by atoms with E-state index < -0.39 is 0 Å². The van der Waals surface area contributed by atoms with E-state index in [0.717, 1.165) is 37.3 Å². The van der Waals surface area contributed by atoms with E-state index in [9.17, 15) is 4.79 Å². The minimum absolute atomic E-state index is 0.147. The lowest BCUT2D eigenvalue weighted by atomic mass is 9.93. The molecule has 1 amide bonds. The summed E-state index contributed by atoms with van der Waals surface area (Å²) >= 11 is 0. The van der Waals surface area contributed by atoms with Gasteiger partial charge in [0, 0.05) is 38.2 Å². The summed E-state index contributed by atoms with van der Waals surface area (Å²) in [6.45, 7) is 1.70. The van der Waals surface area contributed by atoms with Gasteiger partial charge in [0.15, 0.2) is 0 Å².